The quantitative estimate of drug-likeness (QED) is 0.188. The first-order chi connectivity index (χ1) is 18.7. The highest BCUT2D eigenvalue weighted by atomic mass is 16.3. The molecule has 0 aromatic heterocycles. The zero-order valence-electron chi connectivity index (χ0n) is 20.7. The molecule has 1 unspecified atom stereocenters. The van der Waals surface area contributed by atoms with Crippen molar-refractivity contribution in [1.29, 1.82) is 0 Å². The second kappa shape index (κ2) is 10.2. The minimum absolute atomic E-state index is 0.550. The number of hydrogen-bond donors (Lipinski definition) is 2. The summed E-state index contributed by atoms with van der Waals surface area (Å²) in [6.45, 7) is 0. The second-order valence-corrected chi connectivity index (χ2v) is 8.84. The van der Waals surface area contributed by atoms with Crippen molar-refractivity contribution in [3.05, 3.63) is 114 Å². The van der Waals surface area contributed by atoms with Gasteiger partial charge in [0.25, 0.3) is 0 Å². The maximum Gasteiger partial charge on any atom is 0.123 e. The zero-order valence-corrected chi connectivity index (χ0v) is 20.7. The molecule has 38 heavy (non-hydrogen) atoms. The number of nitrogens with zero attached hydrogens (tertiary/aromatic N) is 5. The van der Waals surface area contributed by atoms with Gasteiger partial charge in [-0.15, -0.1) is 10.2 Å². The SMILES string of the molecule is CN=Nc1ccc(N=Nc2cccc3c(N/N=C4\C=Cc5ccccc5C4O)cccc23)c2ccccc12. The lowest BCUT2D eigenvalue weighted by Gasteiger charge is -2.18. The number of anilines is 1. The van der Waals surface area contributed by atoms with Crippen LogP contribution in [0.25, 0.3) is 27.6 Å². The summed E-state index contributed by atoms with van der Waals surface area (Å²) in [7, 11) is 1.66. The largest absolute Gasteiger partial charge is 0.382 e. The molecule has 0 saturated carbocycles. The maximum absolute atomic E-state index is 10.8. The van der Waals surface area contributed by atoms with Gasteiger partial charge in [-0.2, -0.15) is 15.3 Å². The van der Waals surface area contributed by atoms with Crippen LogP contribution < -0.4 is 5.43 Å². The molecule has 0 bridgehead atoms. The Kier molecular flexibility index (Phi) is 6.25. The third kappa shape index (κ3) is 4.36. The van der Waals surface area contributed by atoms with Crippen LogP contribution in [-0.2, 0) is 0 Å². The van der Waals surface area contributed by atoms with Crippen LogP contribution in [-0.4, -0.2) is 17.9 Å². The van der Waals surface area contributed by atoms with E-state index in [1.54, 1.807) is 7.05 Å². The number of hydrogen-bond acceptors (Lipinski definition) is 7. The van der Waals surface area contributed by atoms with E-state index in [1.165, 1.54) is 0 Å². The highest BCUT2D eigenvalue weighted by molar-refractivity contribution is 6.06. The third-order valence-corrected chi connectivity index (χ3v) is 6.56. The first kappa shape index (κ1) is 23.4. The van der Waals surface area contributed by atoms with E-state index >= 15 is 0 Å². The molecule has 0 spiro atoms. The topological polar surface area (TPSA) is 94.1 Å². The van der Waals surface area contributed by atoms with Crippen LogP contribution >= 0.6 is 0 Å². The van der Waals surface area contributed by atoms with Crippen molar-refractivity contribution < 1.29 is 5.11 Å². The fourth-order valence-electron chi connectivity index (χ4n) is 4.70. The van der Waals surface area contributed by atoms with Crippen molar-refractivity contribution in [2.75, 3.05) is 12.5 Å². The molecule has 7 nitrogen and oxygen atoms in total. The molecule has 5 aromatic carbocycles. The summed E-state index contributed by atoms with van der Waals surface area (Å²) in [6.07, 6.45) is 3.01. The van der Waals surface area contributed by atoms with Gasteiger partial charge < -0.3 is 5.11 Å². The van der Waals surface area contributed by atoms with Gasteiger partial charge in [0.2, 0.25) is 0 Å². The molecule has 6 rings (SSSR count). The molecule has 1 atom stereocenters. The molecule has 1 aliphatic carbocycles. The van der Waals surface area contributed by atoms with Crippen LogP contribution in [0, 0.1) is 0 Å². The normalized spacial score (nSPS) is 16.2. The van der Waals surface area contributed by atoms with Gasteiger partial charge in [-0.1, -0.05) is 78.9 Å². The summed E-state index contributed by atoms with van der Waals surface area (Å²) < 4.78 is 0. The average molecular weight is 497 g/mol. The van der Waals surface area contributed by atoms with E-state index in [4.69, 9.17) is 0 Å². The van der Waals surface area contributed by atoms with Gasteiger partial charge in [0.1, 0.15) is 6.10 Å². The number of aliphatic hydroxyl groups excluding tert-OH is 1. The van der Waals surface area contributed by atoms with Crippen molar-refractivity contribution in [1.82, 2.24) is 0 Å². The summed E-state index contributed by atoms with van der Waals surface area (Å²) in [4.78, 5) is 0. The van der Waals surface area contributed by atoms with Crippen molar-refractivity contribution >= 4 is 56.1 Å². The van der Waals surface area contributed by atoms with Crippen LogP contribution in [0.5, 0.6) is 0 Å². The smallest absolute Gasteiger partial charge is 0.123 e. The number of nitrogens with one attached hydrogen (secondary N) is 1. The lowest BCUT2D eigenvalue weighted by Crippen LogP contribution is -2.15. The fraction of sp³-hybridized carbons (Fsp3) is 0.0645. The molecule has 2 N–H and O–H groups in total. The lowest BCUT2D eigenvalue weighted by molar-refractivity contribution is 0.247. The van der Waals surface area contributed by atoms with E-state index in [9.17, 15) is 5.11 Å². The first-order valence-electron chi connectivity index (χ1n) is 12.3. The van der Waals surface area contributed by atoms with E-state index in [0.717, 1.165) is 55.4 Å². The Morgan fingerprint density at radius 2 is 1.21 bits per heavy atom. The minimum Gasteiger partial charge on any atom is -0.382 e. The zero-order chi connectivity index (χ0) is 25.9. The fourth-order valence-corrected chi connectivity index (χ4v) is 4.70. The van der Waals surface area contributed by atoms with Gasteiger partial charge in [0.05, 0.1) is 28.5 Å². The molecule has 0 saturated heterocycles. The summed E-state index contributed by atoms with van der Waals surface area (Å²) in [5, 5.41) is 36.5. The highest BCUT2D eigenvalue weighted by Gasteiger charge is 2.19. The molecule has 184 valence electrons. The van der Waals surface area contributed by atoms with Gasteiger partial charge >= 0.3 is 0 Å². The second-order valence-electron chi connectivity index (χ2n) is 8.84. The van der Waals surface area contributed by atoms with Crippen LogP contribution in [0.15, 0.2) is 129 Å². The van der Waals surface area contributed by atoms with Gasteiger partial charge in [0, 0.05) is 28.6 Å². The molecular weight excluding hydrogens is 472 g/mol. The lowest BCUT2D eigenvalue weighted by atomic mass is 9.94. The maximum atomic E-state index is 10.8. The van der Waals surface area contributed by atoms with E-state index in [0.29, 0.717) is 5.71 Å². The van der Waals surface area contributed by atoms with Crippen LogP contribution in [0.2, 0.25) is 0 Å². The van der Waals surface area contributed by atoms with E-state index in [2.05, 4.69) is 31.0 Å². The Balaban J connectivity index is 1.33. The predicted molar refractivity (Wildman–Crippen MR) is 154 cm³/mol. The van der Waals surface area contributed by atoms with Crippen LogP contribution in [0.3, 0.4) is 0 Å². The Labute approximate surface area is 219 Å². The van der Waals surface area contributed by atoms with E-state index in [1.807, 2.05) is 109 Å². The molecule has 0 radical (unpaired) electrons. The molecule has 0 aliphatic heterocycles. The summed E-state index contributed by atoms with van der Waals surface area (Å²) >= 11 is 0. The van der Waals surface area contributed by atoms with Crippen molar-refractivity contribution in [2.45, 2.75) is 6.10 Å². The number of benzene rings is 5. The van der Waals surface area contributed by atoms with Gasteiger partial charge in [-0.3, -0.25) is 5.43 Å². The molecule has 7 heteroatoms. The van der Waals surface area contributed by atoms with Crippen molar-refractivity contribution in [2.24, 2.45) is 25.6 Å². The molecule has 5 aromatic rings. The van der Waals surface area contributed by atoms with Gasteiger partial charge in [0.15, 0.2) is 0 Å². The van der Waals surface area contributed by atoms with Crippen LogP contribution in [0.4, 0.5) is 22.7 Å². The molecule has 1 aliphatic rings. The number of aliphatic hydroxyl groups is 1. The molecule has 0 amide bonds. The molecular formula is C31H24N6O. The number of hydrazone groups is 1. The molecule has 0 fully saturated rings. The van der Waals surface area contributed by atoms with E-state index < -0.39 is 6.10 Å². The summed E-state index contributed by atoms with van der Waals surface area (Å²) in [6, 6.07) is 31.4. The summed E-state index contributed by atoms with van der Waals surface area (Å²) in [5.74, 6) is 0. The Bertz CT molecular complexity index is 1790. The Morgan fingerprint density at radius 1 is 0.605 bits per heavy atom. The highest BCUT2D eigenvalue weighted by Crippen LogP contribution is 2.36. The predicted octanol–water partition coefficient (Wildman–Crippen LogP) is 8.65. The first-order valence-corrected chi connectivity index (χ1v) is 12.3. The Hall–Kier alpha value is -5.01. The summed E-state index contributed by atoms with van der Waals surface area (Å²) in [5.41, 5.74) is 8.64. The van der Waals surface area contributed by atoms with Crippen molar-refractivity contribution in [3.63, 3.8) is 0 Å². The number of rotatable bonds is 5. The third-order valence-electron chi connectivity index (χ3n) is 6.56. The monoisotopic (exact) mass is 496 g/mol. The number of fused-ring (bicyclic) bond motifs is 3. The Morgan fingerprint density at radius 3 is 2.00 bits per heavy atom. The van der Waals surface area contributed by atoms with E-state index in [-0.39, 0.29) is 0 Å². The van der Waals surface area contributed by atoms with Gasteiger partial charge in [-0.05, 0) is 41.5 Å². The standard InChI is InChI=1S/C31H24N6O/c1-32-33-28-18-19-29(23-11-5-4-10-22(23)28)36-34-26-14-6-13-25-24(26)12-7-15-27(25)35-37-30-17-16-20-8-2-3-9-21(20)31(30)38/h2-19,31,35,38H,1H3/b33-32?,36-34?,37-30+. The minimum atomic E-state index is -0.789. The molecule has 0 heterocycles. The van der Waals surface area contributed by atoms with Crippen LogP contribution in [0.1, 0.15) is 17.2 Å². The van der Waals surface area contributed by atoms with Crippen molar-refractivity contribution in [3.8, 4) is 0 Å². The van der Waals surface area contributed by atoms with Gasteiger partial charge in [-0.25, -0.2) is 0 Å². The number of azo groups is 2. The average Bonchev–Trinajstić information content (AvgIpc) is 2.96.